The van der Waals surface area contributed by atoms with Gasteiger partial charge in [0.2, 0.25) is 5.91 Å². The minimum Gasteiger partial charge on any atom is -0.506 e. The molecule has 1 amide bonds. The average molecular weight is 412 g/mol. The highest BCUT2D eigenvalue weighted by molar-refractivity contribution is 8.00. The summed E-state index contributed by atoms with van der Waals surface area (Å²) in [6.45, 7) is 0. The number of halogens is 1. The lowest BCUT2D eigenvalue weighted by Gasteiger charge is -2.24. The fourth-order valence-electron chi connectivity index (χ4n) is 3.41. The van der Waals surface area contributed by atoms with Crippen molar-refractivity contribution in [3.05, 3.63) is 44.7 Å². The number of aromatic amines is 1. The van der Waals surface area contributed by atoms with Crippen LogP contribution in [0.3, 0.4) is 0 Å². The highest BCUT2D eigenvalue weighted by Gasteiger charge is 2.32. The van der Waals surface area contributed by atoms with Crippen molar-refractivity contribution in [3.8, 4) is 5.75 Å². The molecule has 26 heavy (non-hydrogen) atoms. The molecule has 1 aromatic carbocycles. The topological polar surface area (TPSA) is 87.1 Å². The average Bonchev–Trinajstić information content (AvgIpc) is 2.84. The summed E-state index contributed by atoms with van der Waals surface area (Å²) in [6, 6.07) is 5.09. The number of aromatic nitrogens is 2. The number of fused-ring (bicyclic) bond motifs is 1. The van der Waals surface area contributed by atoms with Crippen molar-refractivity contribution in [1.29, 1.82) is 0 Å². The molecule has 2 aromatic rings. The summed E-state index contributed by atoms with van der Waals surface area (Å²) in [4.78, 5) is 25.1. The van der Waals surface area contributed by atoms with Crippen molar-refractivity contribution >= 4 is 46.8 Å². The summed E-state index contributed by atoms with van der Waals surface area (Å²) in [7, 11) is 0. The second-order valence-electron chi connectivity index (χ2n) is 6.37. The first-order valence-corrected chi connectivity index (χ1v) is 10.9. The molecule has 3 heterocycles. The van der Waals surface area contributed by atoms with E-state index in [1.807, 2.05) is 16.4 Å². The molecule has 0 radical (unpaired) electrons. The second-order valence-corrected chi connectivity index (χ2v) is 9.09. The molecule has 1 fully saturated rings. The van der Waals surface area contributed by atoms with Gasteiger partial charge in [0.25, 0.3) is 5.56 Å². The molecule has 1 aromatic heterocycles. The van der Waals surface area contributed by atoms with E-state index in [0.717, 1.165) is 29.9 Å². The number of phenolic OH excluding ortho intramolecular Hbond substituents is 1. The van der Waals surface area contributed by atoms with E-state index in [4.69, 9.17) is 11.6 Å². The van der Waals surface area contributed by atoms with Gasteiger partial charge in [-0.1, -0.05) is 17.7 Å². The zero-order chi connectivity index (χ0) is 18.3. The van der Waals surface area contributed by atoms with Gasteiger partial charge in [-0.2, -0.15) is 11.8 Å². The lowest BCUT2D eigenvalue weighted by atomic mass is 10.1. The van der Waals surface area contributed by atoms with Crippen LogP contribution in [0.15, 0.2) is 23.0 Å². The maximum Gasteiger partial charge on any atom is 0.270 e. The van der Waals surface area contributed by atoms with Gasteiger partial charge in [-0.05, 0) is 42.0 Å². The molecule has 1 atom stereocenters. The molecule has 9 heteroatoms. The number of thioether (sulfide) groups is 2. The van der Waals surface area contributed by atoms with Gasteiger partial charge in [-0.15, -0.1) is 11.8 Å². The molecule has 138 valence electrons. The zero-order valence-corrected chi connectivity index (χ0v) is 16.2. The van der Waals surface area contributed by atoms with Crippen molar-refractivity contribution in [3.63, 3.8) is 0 Å². The zero-order valence-electron chi connectivity index (χ0n) is 13.8. The SMILES string of the molecule is O=C1CS[C@H](c2ccc(O)c(Cl)c2)c2c(n(C3CCSCC3)[nH]c2=O)N1. The van der Waals surface area contributed by atoms with Crippen LogP contribution < -0.4 is 10.9 Å². The van der Waals surface area contributed by atoms with Crippen LogP contribution in [0.5, 0.6) is 5.75 Å². The number of nitrogens with zero attached hydrogens (tertiary/aromatic N) is 1. The number of nitrogens with one attached hydrogen (secondary N) is 2. The number of benzene rings is 1. The van der Waals surface area contributed by atoms with E-state index in [9.17, 15) is 14.7 Å². The van der Waals surface area contributed by atoms with Gasteiger partial charge in [0.1, 0.15) is 11.6 Å². The van der Waals surface area contributed by atoms with Crippen molar-refractivity contribution < 1.29 is 9.90 Å². The van der Waals surface area contributed by atoms with Crippen LogP contribution in [0.2, 0.25) is 5.02 Å². The van der Waals surface area contributed by atoms with E-state index in [1.54, 1.807) is 12.1 Å². The van der Waals surface area contributed by atoms with Gasteiger partial charge >= 0.3 is 0 Å². The summed E-state index contributed by atoms with van der Waals surface area (Å²) in [5.74, 6) is 2.77. The normalized spacial score (nSPS) is 21.1. The molecule has 0 saturated carbocycles. The number of carbonyl (C=O) groups is 1. The highest BCUT2D eigenvalue weighted by atomic mass is 35.5. The molecule has 2 aliphatic rings. The molecule has 0 spiro atoms. The number of amides is 1. The first kappa shape index (κ1) is 17.9. The van der Waals surface area contributed by atoms with Gasteiger partial charge in [-0.3, -0.25) is 19.4 Å². The first-order chi connectivity index (χ1) is 12.5. The van der Waals surface area contributed by atoms with Crippen LogP contribution in [0.4, 0.5) is 5.82 Å². The summed E-state index contributed by atoms with van der Waals surface area (Å²) in [5.41, 5.74) is 1.14. The minimum atomic E-state index is -0.329. The first-order valence-electron chi connectivity index (χ1n) is 8.36. The highest BCUT2D eigenvalue weighted by Crippen LogP contribution is 2.42. The van der Waals surface area contributed by atoms with Crippen molar-refractivity contribution in [2.75, 3.05) is 22.6 Å². The number of hydrogen-bond donors (Lipinski definition) is 3. The summed E-state index contributed by atoms with van der Waals surface area (Å²) in [5, 5.41) is 15.4. The fourth-order valence-corrected chi connectivity index (χ4v) is 5.80. The summed E-state index contributed by atoms with van der Waals surface area (Å²) >= 11 is 9.36. The quantitative estimate of drug-likeness (QED) is 0.705. The van der Waals surface area contributed by atoms with Crippen LogP contribution in [0.1, 0.15) is 35.3 Å². The van der Waals surface area contributed by atoms with Crippen molar-refractivity contribution in [2.45, 2.75) is 24.1 Å². The van der Waals surface area contributed by atoms with E-state index in [1.165, 1.54) is 17.8 Å². The number of carbonyl (C=O) groups excluding carboxylic acids is 1. The lowest BCUT2D eigenvalue weighted by Crippen LogP contribution is -2.22. The Morgan fingerprint density at radius 3 is 2.73 bits per heavy atom. The third kappa shape index (κ3) is 3.25. The van der Waals surface area contributed by atoms with Crippen LogP contribution in [0, 0.1) is 0 Å². The Morgan fingerprint density at radius 2 is 2.00 bits per heavy atom. The Balaban J connectivity index is 1.82. The largest absolute Gasteiger partial charge is 0.506 e. The van der Waals surface area contributed by atoms with Gasteiger partial charge in [0, 0.05) is 0 Å². The smallest absolute Gasteiger partial charge is 0.270 e. The third-order valence-corrected chi connectivity index (χ3v) is 7.32. The Labute approximate surface area is 163 Å². The molecule has 0 unspecified atom stereocenters. The molecule has 2 aliphatic heterocycles. The fraction of sp³-hybridized carbons (Fsp3) is 0.412. The van der Waals surface area contributed by atoms with Gasteiger partial charge in [0.15, 0.2) is 0 Å². The van der Waals surface area contributed by atoms with E-state index in [-0.39, 0.29) is 39.3 Å². The number of phenols is 1. The molecule has 0 bridgehead atoms. The number of hydrogen-bond acceptors (Lipinski definition) is 5. The molecule has 1 saturated heterocycles. The predicted molar refractivity (Wildman–Crippen MR) is 107 cm³/mol. The molecule has 0 aliphatic carbocycles. The van der Waals surface area contributed by atoms with Gasteiger partial charge < -0.3 is 10.4 Å². The lowest BCUT2D eigenvalue weighted by molar-refractivity contribution is -0.113. The summed E-state index contributed by atoms with van der Waals surface area (Å²) in [6.07, 6.45) is 1.92. The molecular weight excluding hydrogens is 394 g/mol. The van der Waals surface area contributed by atoms with Crippen LogP contribution in [-0.2, 0) is 4.79 Å². The molecule has 4 rings (SSSR count). The monoisotopic (exact) mass is 411 g/mol. The summed E-state index contributed by atoms with van der Waals surface area (Å²) < 4.78 is 1.84. The Hall–Kier alpha value is -1.51. The molecular formula is C17H18ClN3O3S2. The van der Waals surface area contributed by atoms with Gasteiger partial charge in [0.05, 0.1) is 27.6 Å². The number of H-pyrrole nitrogens is 1. The van der Waals surface area contributed by atoms with Crippen LogP contribution in [0.25, 0.3) is 0 Å². The van der Waals surface area contributed by atoms with Gasteiger partial charge in [-0.25, -0.2) is 0 Å². The maximum absolute atomic E-state index is 12.8. The van der Waals surface area contributed by atoms with Crippen molar-refractivity contribution in [1.82, 2.24) is 9.78 Å². The minimum absolute atomic E-state index is 0.00495. The predicted octanol–water partition coefficient (Wildman–Crippen LogP) is 3.38. The Bertz CT molecular complexity index is 905. The number of rotatable bonds is 2. The van der Waals surface area contributed by atoms with E-state index < -0.39 is 0 Å². The van der Waals surface area contributed by atoms with E-state index >= 15 is 0 Å². The van der Waals surface area contributed by atoms with E-state index in [0.29, 0.717) is 11.4 Å². The van der Waals surface area contributed by atoms with Crippen molar-refractivity contribution in [2.24, 2.45) is 0 Å². The third-order valence-electron chi connectivity index (χ3n) is 4.69. The maximum atomic E-state index is 12.8. The van der Waals surface area contributed by atoms with E-state index in [2.05, 4.69) is 10.4 Å². The van der Waals surface area contributed by atoms with Crippen LogP contribution in [-0.4, -0.2) is 38.1 Å². The number of anilines is 1. The van der Waals surface area contributed by atoms with Crippen LogP contribution >= 0.6 is 35.1 Å². The molecule has 6 nitrogen and oxygen atoms in total. The Kier molecular flexibility index (Phi) is 4.98. The Morgan fingerprint density at radius 1 is 1.23 bits per heavy atom. The molecule has 3 N–H and O–H groups in total. The standard InChI is InChI=1S/C17H18ClN3O3S2/c18-11-7-9(1-2-12(11)22)15-14-16(19-13(23)8-26-15)21(20-17(14)24)10-3-5-25-6-4-10/h1-2,7,10,15,22H,3-6,8H2,(H,19,23)(H,20,24)/t15-/m1/s1. The second kappa shape index (κ2) is 7.25. The number of aromatic hydroxyl groups is 1.